The van der Waals surface area contributed by atoms with Gasteiger partial charge in [0.05, 0.1) is 31.5 Å². The maximum Gasteiger partial charge on any atom is 0.260 e. The van der Waals surface area contributed by atoms with Crippen molar-refractivity contribution < 1.29 is 19.0 Å². The fourth-order valence-corrected chi connectivity index (χ4v) is 4.24. The number of nitrogens with zero attached hydrogens (tertiary/aromatic N) is 2. The summed E-state index contributed by atoms with van der Waals surface area (Å²) in [5.41, 5.74) is 3.16. The minimum Gasteiger partial charge on any atom is -0.497 e. The number of benzene rings is 3. The van der Waals surface area contributed by atoms with Crippen molar-refractivity contribution in [1.29, 1.82) is 0 Å². The van der Waals surface area contributed by atoms with Crippen LogP contribution in [0.2, 0.25) is 0 Å². The Morgan fingerprint density at radius 1 is 1.06 bits per heavy atom. The quantitative estimate of drug-likeness (QED) is 0.535. The highest BCUT2D eigenvalue weighted by atomic mass is 16.5. The molecule has 3 aromatic carbocycles. The molecule has 0 bridgehead atoms. The van der Waals surface area contributed by atoms with Crippen LogP contribution < -0.4 is 14.2 Å². The van der Waals surface area contributed by atoms with Crippen molar-refractivity contribution in [2.24, 2.45) is 4.99 Å². The van der Waals surface area contributed by atoms with Gasteiger partial charge in [-0.3, -0.25) is 9.79 Å². The van der Waals surface area contributed by atoms with Gasteiger partial charge in [-0.25, -0.2) is 0 Å². The van der Waals surface area contributed by atoms with Crippen molar-refractivity contribution >= 4 is 34.2 Å². The van der Waals surface area contributed by atoms with Crippen molar-refractivity contribution in [2.75, 3.05) is 20.8 Å². The molecule has 0 fully saturated rings. The Hall–Kier alpha value is -4.24. The molecule has 0 saturated heterocycles. The van der Waals surface area contributed by atoms with Gasteiger partial charge in [0.15, 0.2) is 11.5 Å². The van der Waals surface area contributed by atoms with E-state index in [0.29, 0.717) is 29.2 Å². The number of amides is 1. The fraction of sp³-hybridized carbons (Fsp3) is 0.185. The number of hydrogen-bond acceptors (Lipinski definition) is 5. The Labute approximate surface area is 192 Å². The number of terminal acetylenes is 1. The van der Waals surface area contributed by atoms with Crippen LogP contribution >= 0.6 is 0 Å². The Morgan fingerprint density at radius 2 is 1.88 bits per heavy atom. The van der Waals surface area contributed by atoms with E-state index in [-0.39, 0.29) is 18.6 Å². The molecule has 2 aliphatic heterocycles. The number of carbonyl (C=O) groups is 1. The summed E-state index contributed by atoms with van der Waals surface area (Å²) in [5, 5.41) is 2.22. The number of fused-ring (bicyclic) bond motifs is 3. The average molecular weight is 438 g/mol. The van der Waals surface area contributed by atoms with E-state index >= 15 is 0 Å². The SMILES string of the molecule is C#CCOc1cc2c(cc1OC)N=C[C@@H]1CC(c3ccc4cc(OC)ccc4c3)=CN1C2=O. The summed E-state index contributed by atoms with van der Waals surface area (Å²) < 4.78 is 16.3. The zero-order valence-electron chi connectivity index (χ0n) is 18.4. The van der Waals surface area contributed by atoms with E-state index in [1.165, 1.54) is 0 Å². The van der Waals surface area contributed by atoms with Crippen LogP contribution in [-0.2, 0) is 0 Å². The van der Waals surface area contributed by atoms with Crippen LogP contribution in [0.25, 0.3) is 16.3 Å². The third-order valence-electron chi connectivity index (χ3n) is 5.94. The van der Waals surface area contributed by atoms with Crippen LogP contribution in [0.3, 0.4) is 0 Å². The summed E-state index contributed by atoms with van der Waals surface area (Å²) in [7, 11) is 3.20. The molecule has 3 aromatic rings. The fourth-order valence-electron chi connectivity index (χ4n) is 4.24. The zero-order valence-corrected chi connectivity index (χ0v) is 18.4. The molecule has 6 heteroatoms. The lowest BCUT2D eigenvalue weighted by molar-refractivity contribution is 0.0817. The lowest BCUT2D eigenvalue weighted by Crippen LogP contribution is -2.32. The number of carbonyl (C=O) groups excluding carboxylic acids is 1. The molecule has 0 N–H and O–H groups in total. The molecule has 0 aliphatic carbocycles. The van der Waals surface area contributed by atoms with E-state index in [9.17, 15) is 4.79 Å². The van der Waals surface area contributed by atoms with E-state index in [0.717, 1.165) is 27.7 Å². The number of rotatable bonds is 5. The highest BCUT2D eigenvalue weighted by Crippen LogP contribution is 2.40. The molecule has 33 heavy (non-hydrogen) atoms. The average Bonchev–Trinajstić information content (AvgIpc) is 3.24. The van der Waals surface area contributed by atoms with Gasteiger partial charge < -0.3 is 19.1 Å². The number of hydrogen-bond donors (Lipinski definition) is 0. The van der Waals surface area contributed by atoms with E-state index < -0.39 is 0 Å². The molecule has 164 valence electrons. The largest absolute Gasteiger partial charge is 0.497 e. The Morgan fingerprint density at radius 3 is 2.67 bits per heavy atom. The topological polar surface area (TPSA) is 60.4 Å². The molecule has 2 heterocycles. The minimum absolute atomic E-state index is 0.0802. The smallest absolute Gasteiger partial charge is 0.260 e. The first-order valence-corrected chi connectivity index (χ1v) is 10.6. The summed E-state index contributed by atoms with van der Waals surface area (Å²) in [6.07, 6.45) is 9.74. The van der Waals surface area contributed by atoms with E-state index in [2.05, 4.69) is 29.1 Å². The molecule has 1 amide bonds. The third-order valence-corrected chi connectivity index (χ3v) is 5.94. The van der Waals surface area contributed by atoms with Crippen molar-refractivity contribution in [2.45, 2.75) is 12.5 Å². The van der Waals surface area contributed by atoms with Crippen LogP contribution in [0.4, 0.5) is 5.69 Å². The van der Waals surface area contributed by atoms with E-state index in [4.69, 9.17) is 20.6 Å². The van der Waals surface area contributed by atoms with Crippen LogP contribution in [0.5, 0.6) is 17.2 Å². The first kappa shape index (κ1) is 20.7. The third kappa shape index (κ3) is 3.68. The predicted molar refractivity (Wildman–Crippen MR) is 129 cm³/mol. The predicted octanol–water partition coefficient (Wildman–Crippen LogP) is 4.84. The molecule has 0 aromatic heterocycles. The number of methoxy groups -OCH3 is 2. The van der Waals surface area contributed by atoms with Crippen LogP contribution in [0, 0.1) is 12.3 Å². The van der Waals surface area contributed by atoms with Crippen molar-refractivity contribution in [3.63, 3.8) is 0 Å². The van der Waals surface area contributed by atoms with Gasteiger partial charge >= 0.3 is 0 Å². The molecule has 0 unspecified atom stereocenters. The molecular weight excluding hydrogens is 416 g/mol. The molecule has 5 rings (SSSR count). The maximum absolute atomic E-state index is 13.5. The lowest BCUT2D eigenvalue weighted by atomic mass is 9.99. The second kappa shape index (κ2) is 8.36. The monoisotopic (exact) mass is 438 g/mol. The number of ether oxygens (including phenoxy) is 3. The van der Waals surface area contributed by atoms with Gasteiger partial charge in [0.1, 0.15) is 12.4 Å². The van der Waals surface area contributed by atoms with Gasteiger partial charge in [-0.15, -0.1) is 6.42 Å². The van der Waals surface area contributed by atoms with Crippen molar-refractivity contribution in [3.8, 4) is 29.6 Å². The Bertz CT molecular complexity index is 1370. The molecule has 1 atom stereocenters. The van der Waals surface area contributed by atoms with Crippen molar-refractivity contribution in [1.82, 2.24) is 4.90 Å². The number of aliphatic imine (C=N–C) groups is 1. The summed E-state index contributed by atoms with van der Waals surface area (Å²) in [6.45, 7) is 0.0802. The summed E-state index contributed by atoms with van der Waals surface area (Å²) in [5.74, 6) is 4.03. The van der Waals surface area contributed by atoms with Gasteiger partial charge in [-0.1, -0.05) is 24.1 Å². The summed E-state index contributed by atoms with van der Waals surface area (Å²) >= 11 is 0. The highest BCUT2D eigenvalue weighted by Gasteiger charge is 2.33. The zero-order chi connectivity index (χ0) is 22.9. The van der Waals surface area contributed by atoms with Gasteiger partial charge in [0, 0.05) is 24.9 Å². The molecule has 0 saturated carbocycles. The molecule has 0 spiro atoms. The van der Waals surface area contributed by atoms with E-state index in [1.807, 2.05) is 30.6 Å². The van der Waals surface area contributed by atoms with Crippen molar-refractivity contribution in [3.05, 3.63) is 65.9 Å². The standard InChI is InChI=1S/C27H22N2O4/c1-4-9-33-26-13-23-24(14-25(26)32-3)28-15-21-11-20(16-29(21)27(23)30)18-5-6-19-12-22(31-2)8-7-17(19)10-18/h1,5-8,10,12-16,21H,9,11H2,2-3H3/t21-/m0/s1. The Balaban J connectivity index is 1.49. The highest BCUT2D eigenvalue weighted by molar-refractivity contribution is 6.05. The van der Waals surface area contributed by atoms with Gasteiger partial charge in [0.2, 0.25) is 0 Å². The molecule has 6 nitrogen and oxygen atoms in total. The molecule has 2 aliphatic rings. The molecular formula is C27H22N2O4. The second-order valence-corrected chi connectivity index (χ2v) is 7.86. The van der Waals surface area contributed by atoms with Crippen LogP contribution in [-0.4, -0.2) is 43.9 Å². The first-order valence-electron chi connectivity index (χ1n) is 10.6. The van der Waals surface area contributed by atoms with Gasteiger partial charge in [-0.2, -0.15) is 0 Å². The normalized spacial score (nSPS) is 16.5. The minimum atomic E-state index is -0.160. The van der Waals surface area contributed by atoms with Gasteiger partial charge in [0.25, 0.3) is 5.91 Å². The summed E-state index contributed by atoms with van der Waals surface area (Å²) in [6, 6.07) is 15.5. The lowest BCUT2D eigenvalue weighted by Gasteiger charge is -2.19. The van der Waals surface area contributed by atoms with Crippen LogP contribution in [0.15, 0.2) is 59.7 Å². The van der Waals surface area contributed by atoms with E-state index in [1.54, 1.807) is 31.3 Å². The molecule has 0 radical (unpaired) electrons. The van der Waals surface area contributed by atoms with Crippen LogP contribution in [0.1, 0.15) is 22.3 Å². The first-order chi connectivity index (χ1) is 16.1. The summed E-state index contributed by atoms with van der Waals surface area (Å²) in [4.78, 5) is 19.8. The maximum atomic E-state index is 13.5. The Kier molecular flexibility index (Phi) is 5.23. The second-order valence-electron chi connectivity index (χ2n) is 7.86. The van der Waals surface area contributed by atoms with Gasteiger partial charge in [-0.05, 0) is 46.2 Å².